The van der Waals surface area contributed by atoms with Crippen LogP contribution in [0.5, 0.6) is 0 Å². The quantitative estimate of drug-likeness (QED) is 0.553. The standard InChI is InChI=1S/C18H24BrN/c1-2-3-4-5-6-7-12-20-18-11-9-15-13-17(19)10-8-16(15)14-18/h8-11,13-14,20H,2-7,12H2,1H3. The summed E-state index contributed by atoms with van der Waals surface area (Å²) in [5.41, 5.74) is 1.23. The van der Waals surface area contributed by atoms with E-state index in [0.717, 1.165) is 11.0 Å². The molecule has 0 saturated heterocycles. The van der Waals surface area contributed by atoms with Gasteiger partial charge in [0, 0.05) is 16.7 Å². The summed E-state index contributed by atoms with van der Waals surface area (Å²) in [6, 6.07) is 13.0. The fourth-order valence-corrected chi connectivity index (χ4v) is 2.84. The third-order valence-corrected chi connectivity index (χ3v) is 4.15. The number of halogens is 1. The minimum atomic E-state index is 1.08. The van der Waals surface area contributed by atoms with Crippen LogP contribution in [-0.2, 0) is 0 Å². The van der Waals surface area contributed by atoms with Gasteiger partial charge >= 0.3 is 0 Å². The van der Waals surface area contributed by atoms with Crippen molar-refractivity contribution in [2.24, 2.45) is 0 Å². The third-order valence-electron chi connectivity index (χ3n) is 3.66. The van der Waals surface area contributed by atoms with Crippen LogP contribution < -0.4 is 5.32 Å². The maximum Gasteiger partial charge on any atom is 0.0346 e. The molecule has 1 nitrogen and oxygen atoms in total. The normalized spacial score (nSPS) is 10.9. The molecule has 0 bridgehead atoms. The number of hydrogen-bond acceptors (Lipinski definition) is 1. The molecule has 0 aromatic heterocycles. The number of anilines is 1. The minimum Gasteiger partial charge on any atom is -0.385 e. The van der Waals surface area contributed by atoms with Gasteiger partial charge in [-0.2, -0.15) is 0 Å². The highest BCUT2D eigenvalue weighted by Crippen LogP contribution is 2.23. The Morgan fingerprint density at radius 1 is 0.850 bits per heavy atom. The van der Waals surface area contributed by atoms with Crippen molar-refractivity contribution in [2.45, 2.75) is 45.4 Å². The van der Waals surface area contributed by atoms with Crippen LogP contribution in [0.2, 0.25) is 0 Å². The zero-order valence-electron chi connectivity index (χ0n) is 12.3. The van der Waals surface area contributed by atoms with Crippen LogP contribution in [0.25, 0.3) is 10.8 Å². The summed E-state index contributed by atoms with van der Waals surface area (Å²) in [6.45, 7) is 3.34. The summed E-state index contributed by atoms with van der Waals surface area (Å²) in [7, 11) is 0. The van der Waals surface area contributed by atoms with Crippen LogP contribution in [0.4, 0.5) is 5.69 Å². The van der Waals surface area contributed by atoms with E-state index < -0.39 is 0 Å². The van der Waals surface area contributed by atoms with Crippen molar-refractivity contribution in [3.05, 3.63) is 40.9 Å². The van der Waals surface area contributed by atoms with Gasteiger partial charge in [0.05, 0.1) is 0 Å². The van der Waals surface area contributed by atoms with Gasteiger partial charge < -0.3 is 5.32 Å². The molecule has 2 heteroatoms. The summed E-state index contributed by atoms with van der Waals surface area (Å²) in [5.74, 6) is 0. The van der Waals surface area contributed by atoms with E-state index >= 15 is 0 Å². The molecule has 0 fully saturated rings. The van der Waals surface area contributed by atoms with Crippen LogP contribution in [-0.4, -0.2) is 6.54 Å². The molecule has 1 N–H and O–H groups in total. The number of unbranched alkanes of at least 4 members (excludes halogenated alkanes) is 5. The van der Waals surface area contributed by atoms with E-state index in [-0.39, 0.29) is 0 Å². The van der Waals surface area contributed by atoms with E-state index in [9.17, 15) is 0 Å². The van der Waals surface area contributed by atoms with Crippen LogP contribution in [0.1, 0.15) is 45.4 Å². The Hall–Kier alpha value is -1.02. The van der Waals surface area contributed by atoms with Gasteiger partial charge in [-0.3, -0.25) is 0 Å². The molecular weight excluding hydrogens is 310 g/mol. The molecular formula is C18H24BrN. The van der Waals surface area contributed by atoms with Crippen LogP contribution in [0.15, 0.2) is 40.9 Å². The van der Waals surface area contributed by atoms with Crippen molar-refractivity contribution >= 4 is 32.4 Å². The van der Waals surface area contributed by atoms with Gasteiger partial charge in [0.25, 0.3) is 0 Å². The summed E-state index contributed by atoms with van der Waals surface area (Å²) in [4.78, 5) is 0. The molecule has 2 aromatic carbocycles. The first-order chi connectivity index (χ1) is 9.79. The topological polar surface area (TPSA) is 12.0 Å². The maximum absolute atomic E-state index is 3.53. The average Bonchev–Trinajstić information content (AvgIpc) is 2.46. The smallest absolute Gasteiger partial charge is 0.0346 e. The lowest BCUT2D eigenvalue weighted by Crippen LogP contribution is -2.01. The van der Waals surface area contributed by atoms with E-state index in [1.165, 1.54) is 55.0 Å². The lowest BCUT2D eigenvalue weighted by molar-refractivity contribution is 0.617. The van der Waals surface area contributed by atoms with E-state index in [4.69, 9.17) is 0 Å². The molecule has 0 saturated carbocycles. The molecule has 2 rings (SSSR count). The highest BCUT2D eigenvalue weighted by atomic mass is 79.9. The van der Waals surface area contributed by atoms with Crippen LogP contribution in [0, 0.1) is 0 Å². The Labute approximate surface area is 130 Å². The maximum atomic E-state index is 3.53. The molecule has 0 aliphatic rings. The second-order valence-electron chi connectivity index (χ2n) is 5.40. The van der Waals surface area contributed by atoms with Crippen molar-refractivity contribution in [2.75, 3.05) is 11.9 Å². The van der Waals surface area contributed by atoms with Gasteiger partial charge in [-0.15, -0.1) is 0 Å². The number of rotatable bonds is 8. The molecule has 108 valence electrons. The Morgan fingerprint density at radius 3 is 2.40 bits per heavy atom. The summed E-state index contributed by atoms with van der Waals surface area (Å²) >= 11 is 3.51. The molecule has 0 amide bonds. The Morgan fingerprint density at radius 2 is 1.55 bits per heavy atom. The van der Waals surface area contributed by atoms with Crippen LogP contribution >= 0.6 is 15.9 Å². The van der Waals surface area contributed by atoms with Crippen molar-refractivity contribution in [1.29, 1.82) is 0 Å². The molecule has 20 heavy (non-hydrogen) atoms. The fraction of sp³-hybridized carbons (Fsp3) is 0.444. The van der Waals surface area contributed by atoms with E-state index in [2.05, 4.69) is 64.6 Å². The number of benzene rings is 2. The first-order valence-corrected chi connectivity index (χ1v) is 8.52. The first kappa shape index (κ1) is 15.4. The van der Waals surface area contributed by atoms with Gasteiger partial charge in [-0.05, 0) is 41.5 Å². The molecule has 0 atom stereocenters. The Kier molecular flexibility index (Phi) is 6.38. The third kappa shape index (κ3) is 4.82. The largest absolute Gasteiger partial charge is 0.385 e. The van der Waals surface area contributed by atoms with E-state index in [1.807, 2.05) is 0 Å². The molecule has 0 aliphatic carbocycles. The molecule has 0 spiro atoms. The highest BCUT2D eigenvalue weighted by Gasteiger charge is 1.97. The lowest BCUT2D eigenvalue weighted by atomic mass is 10.1. The van der Waals surface area contributed by atoms with E-state index in [0.29, 0.717) is 0 Å². The molecule has 0 unspecified atom stereocenters. The molecule has 0 aliphatic heterocycles. The lowest BCUT2D eigenvalue weighted by Gasteiger charge is -2.08. The van der Waals surface area contributed by atoms with E-state index in [1.54, 1.807) is 0 Å². The van der Waals surface area contributed by atoms with Crippen molar-refractivity contribution in [3.8, 4) is 0 Å². The summed E-state index contributed by atoms with van der Waals surface area (Å²) in [5, 5.41) is 6.11. The van der Waals surface area contributed by atoms with Crippen molar-refractivity contribution in [1.82, 2.24) is 0 Å². The van der Waals surface area contributed by atoms with Gasteiger partial charge in [0.2, 0.25) is 0 Å². The molecule has 0 heterocycles. The Balaban J connectivity index is 1.77. The number of hydrogen-bond donors (Lipinski definition) is 1. The number of nitrogens with one attached hydrogen (secondary N) is 1. The number of fused-ring (bicyclic) bond motifs is 1. The molecule has 2 aromatic rings. The zero-order valence-corrected chi connectivity index (χ0v) is 13.9. The first-order valence-electron chi connectivity index (χ1n) is 7.73. The van der Waals surface area contributed by atoms with Gasteiger partial charge in [0.1, 0.15) is 0 Å². The van der Waals surface area contributed by atoms with Crippen molar-refractivity contribution in [3.63, 3.8) is 0 Å². The molecule has 0 radical (unpaired) electrons. The second-order valence-corrected chi connectivity index (χ2v) is 6.32. The predicted octanol–water partition coefficient (Wildman–Crippen LogP) is 6.37. The van der Waals surface area contributed by atoms with Gasteiger partial charge in [-0.1, -0.05) is 67.1 Å². The SMILES string of the molecule is CCCCCCCCNc1ccc2cc(Br)ccc2c1. The second kappa shape index (κ2) is 8.31. The van der Waals surface area contributed by atoms with Crippen molar-refractivity contribution < 1.29 is 0 Å². The summed E-state index contributed by atoms with van der Waals surface area (Å²) < 4.78 is 1.14. The van der Waals surface area contributed by atoms with Crippen LogP contribution in [0.3, 0.4) is 0 Å². The van der Waals surface area contributed by atoms with Gasteiger partial charge in [-0.25, -0.2) is 0 Å². The summed E-state index contributed by atoms with van der Waals surface area (Å²) in [6.07, 6.45) is 8.08. The zero-order chi connectivity index (χ0) is 14.2. The fourth-order valence-electron chi connectivity index (χ4n) is 2.46. The Bertz CT molecular complexity index is 536. The monoisotopic (exact) mass is 333 g/mol. The minimum absolute atomic E-state index is 1.08. The predicted molar refractivity (Wildman–Crippen MR) is 93.5 cm³/mol. The van der Waals surface area contributed by atoms with Gasteiger partial charge in [0.15, 0.2) is 0 Å². The highest BCUT2D eigenvalue weighted by molar-refractivity contribution is 9.10. The average molecular weight is 334 g/mol.